The first kappa shape index (κ1) is 11.6. The van der Waals surface area contributed by atoms with Crippen molar-refractivity contribution < 1.29 is 0 Å². The molecule has 1 atom stereocenters. The van der Waals surface area contributed by atoms with Gasteiger partial charge in [-0.3, -0.25) is 0 Å². The summed E-state index contributed by atoms with van der Waals surface area (Å²) < 4.78 is 0. The summed E-state index contributed by atoms with van der Waals surface area (Å²) in [6, 6.07) is 0.968. The summed E-state index contributed by atoms with van der Waals surface area (Å²) in [5.41, 5.74) is 0. The molecule has 0 bridgehead atoms. The molecule has 1 aliphatic rings. The van der Waals surface area contributed by atoms with Crippen molar-refractivity contribution in [3.8, 4) is 12.3 Å². The minimum atomic E-state index is 0.291. The molecule has 0 aliphatic heterocycles. The van der Waals surface area contributed by atoms with Crippen LogP contribution in [0.1, 0.15) is 58.3 Å². The Balaban J connectivity index is 2.29. The molecule has 14 heavy (non-hydrogen) atoms. The maximum atomic E-state index is 5.46. The van der Waals surface area contributed by atoms with Crippen LogP contribution in [0.15, 0.2) is 0 Å². The van der Waals surface area contributed by atoms with Crippen molar-refractivity contribution in [2.45, 2.75) is 70.4 Å². The molecular formula is C13H23N. The molecule has 1 aliphatic carbocycles. The van der Waals surface area contributed by atoms with Gasteiger partial charge >= 0.3 is 0 Å². The van der Waals surface area contributed by atoms with E-state index in [0.717, 1.165) is 6.42 Å². The third-order valence-electron chi connectivity index (χ3n) is 3.15. The molecule has 1 fully saturated rings. The summed E-state index contributed by atoms with van der Waals surface area (Å²) in [5, 5.41) is 3.59. The van der Waals surface area contributed by atoms with Crippen LogP contribution in [0, 0.1) is 12.3 Å². The standard InChI is InChI=1S/C13H23N/c1-3-12(4-2)14-13-10-8-6-5-7-9-11-13/h1,12-14H,4-11H2,2H3. The first-order valence-corrected chi connectivity index (χ1v) is 6.09. The SMILES string of the molecule is C#CC(CC)NC1CCCCCCC1. The van der Waals surface area contributed by atoms with Gasteiger partial charge in [0.1, 0.15) is 0 Å². The van der Waals surface area contributed by atoms with Crippen molar-refractivity contribution in [1.29, 1.82) is 0 Å². The highest BCUT2D eigenvalue weighted by atomic mass is 14.9. The maximum Gasteiger partial charge on any atom is 0.0686 e. The van der Waals surface area contributed by atoms with Gasteiger partial charge in [-0.1, -0.05) is 44.9 Å². The van der Waals surface area contributed by atoms with Crippen molar-refractivity contribution in [3.63, 3.8) is 0 Å². The topological polar surface area (TPSA) is 12.0 Å². The smallest absolute Gasteiger partial charge is 0.0686 e. The Morgan fingerprint density at radius 1 is 1.21 bits per heavy atom. The molecule has 0 aromatic carbocycles. The van der Waals surface area contributed by atoms with Crippen LogP contribution in [-0.4, -0.2) is 12.1 Å². The quantitative estimate of drug-likeness (QED) is 0.679. The maximum absolute atomic E-state index is 5.46. The van der Waals surface area contributed by atoms with E-state index in [-0.39, 0.29) is 0 Å². The van der Waals surface area contributed by atoms with Gasteiger partial charge in [0.15, 0.2) is 0 Å². The number of rotatable bonds is 3. The average molecular weight is 193 g/mol. The summed E-state index contributed by atoms with van der Waals surface area (Å²) >= 11 is 0. The number of hydrogen-bond donors (Lipinski definition) is 1. The molecule has 1 rings (SSSR count). The van der Waals surface area contributed by atoms with Crippen LogP contribution in [0.25, 0.3) is 0 Å². The second-order valence-corrected chi connectivity index (χ2v) is 4.34. The van der Waals surface area contributed by atoms with E-state index >= 15 is 0 Å². The van der Waals surface area contributed by atoms with E-state index in [2.05, 4.69) is 18.2 Å². The zero-order valence-electron chi connectivity index (χ0n) is 9.39. The number of hydrogen-bond acceptors (Lipinski definition) is 1. The fourth-order valence-corrected chi connectivity index (χ4v) is 2.19. The van der Waals surface area contributed by atoms with Gasteiger partial charge in [0.05, 0.1) is 6.04 Å². The highest BCUT2D eigenvalue weighted by Gasteiger charge is 2.13. The van der Waals surface area contributed by atoms with Gasteiger partial charge in [-0.15, -0.1) is 6.42 Å². The Bertz CT molecular complexity index is 172. The zero-order valence-corrected chi connectivity index (χ0v) is 9.39. The minimum Gasteiger partial charge on any atom is -0.301 e. The first-order chi connectivity index (χ1) is 6.86. The summed E-state index contributed by atoms with van der Waals surface area (Å²) in [5.74, 6) is 2.82. The van der Waals surface area contributed by atoms with Gasteiger partial charge in [-0.25, -0.2) is 0 Å². The van der Waals surface area contributed by atoms with Crippen LogP contribution >= 0.6 is 0 Å². The Morgan fingerprint density at radius 3 is 2.29 bits per heavy atom. The third kappa shape index (κ3) is 4.15. The normalized spacial score (nSPS) is 22.0. The van der Waals surface area contributed by atoms with Crippen molar-refractivity contribution in [2.24, 2.45) is 0 Å². The summed E-state index contributed by atoms with van der Waals surface area (Å²) in [6.07, 6.45) is 16.1. The molecule has 1 N–H and O–H groups in total. The molecule has 0 spiro atoms. The van der Waals surface area contributed by atoms with E-state index < -0.39 is 0 Å². The Morgan fingerprint density at radius 2 is 1.79 bits per heavy atom. The van der Waals surface area contributed by atoms with Gasteiger partial charge in [-0.2, -0.15) is 0 Å². The van der Waals surface area contributed by atoms with Gasteiger partial charge in [0.25, 0.3) is 0 Å². The predicted octanol–water partition coefficient (Wildman–Crippen LogP) is 3.10. The van der Waals surface area contributed by atoms with Gasteiger partial charge in [-0.05, 0) is 19.3 Å². The molecule has 0 aromatic rings. The van der Waals surface area contributed by atoms with Crippen LogP contribution in [0.2, 0.25) is 0 Å². The van der Waals surface area contributed by atoms with E-state index in [1.165, 1.54) is 44.9 Å². The monoisotopic (exact) mass is 193 g/mol. The zero-order chi connectivity index (χ0) is 10.2. The Hall–Kier alpha value is -0.480. The fraction of sp³-hybridized carbons (Fsp3) is 0.846. The van der Waals surface area contributed by atoms with Crippen LogP contribution in [0.4, 0.5) is 0 Å². The van der Waals surface area contributed by atoms with Crippen molar-refractivity contribution >= 4 is 0 Å². The van der Waals surface area contributed by atoms with Crippen LogP contribution in [0.3, 0.4) is 0 Å². The van der Waals surface area contributed by atoms with Crippen molar-refractivity contribution in [3.05, 3.63) is 0 Å². The second-order valence-electron chi connectivity index (χ2n) is 4.34. The van der Waals surface area contributed by atoms with Crippen LogP contribution < -0.4 is 5.32 Å². The molecule has 1 unspecified atom stereocenters. The lowest BCUT2D eigenvalue weighted by Gasteiger charge is -2.23. The fourth-order valence-electron chi connectivity index (χ4n) is 2.19. The molecule has 0 radical (unpaired) electrons. The van der Waals surface area contributed by atoms with Crippen molar-refractivity contribution in [2.75, 3.05) is 0 Å². The molecular weight excluding hydrogens is 170 g/mol. The molecule has 0 aromatic heterocycles. The highest BCUT2D eigenvalue weighted by Crippen LogP contribution is 2.17. The molecule has 1 nitrogen and oxygen atoms in total. The largest absolute Gasteiger partial charge is 0.301 e. The highest BCUT2D eigenvalue weighted by molar-refractivity contribution is 4.99. The van der Waals surface area contributed by atoms with Crippen LogP contribution in [0.5, 0.6) is 0 Å². The first-order valence-electron chi connectivity index (χ1n) is 6.09. The van der Waals surface area contributed by atoms with E-state index in [1.54, 1.807) is 0 Å². The van der Waals surface area contributed by atoms with Crippen LogP contribution in [-0.2, 0) is 0 Å². The lowest BCUT2D eigenvalue weighted by molar-refractivity contribution is 0.371. The van der Waals surface area contributed by atoms with E-state index in [1.807, 2.05) is 0 Å². The van der Waals surface area contributed by atoms with Gasteiger partial charge < -0.3 is 5.32 Å². The lowest BCUT2D eigenvalue weighted by Crippen LogP contribution is -2.37. The van der Waals surface area contributed by atoms with Gasteiger partial charge in [0.2, 0.25) is 0 Å². The Labute approximate surface area is 88.7 Å². The number of terminal acetylenes is 1. The van der Waals surface area contributed by atoms with E-state index in [4.69, 9.17) is 6.42 Å². The van der Waals surface area contributed by atoms with Gasteiger partial charge in [0, 0.05) is 6.04 Å². The molecule has 1 heteroatoms. The third-order valence-corrected chi connectivity index (χ3v) is 3.15. The minimum absolute atomic E-state index is 0.291. The molecule has 80 valence electrons. The van der Waals surface area contributed by atoms with E-state index in [9.17, 15) is 0 Å². The molecule has 1 saturated carbocycles. The molecule has 0 heterocycles. The van der Waals surface area contributed by atoms with Crippen molar-refractivity contribution in [1.82, 2.24) is 5.32 Å². The second kappa shape index (κ2) is 6.90. The van der Waals surface area contributed by atoms with E-state index in [0.29, 0.717) is 12.1 Å². The molecule has 0 amide bonds. The predicted molar refractivity (Wildman–Crippen MR) is 62.2 cm³/mol. The summed E-state index contributed by atoms with van der Waals surface area (Å²) in [4.78, 5) is 0. The summed E-state index contributed by atoms with van der Waals surface area (Å²) in [7, 11) is 0. The summed E-state index contributed by atoms with van der Waals surface area (Å²) in [6.45, 7) is 2.15. The Kier molecular flexibility index (Phi) is 5.71. The lowest BCUT2D eigenvalue weighted by atomic mass is 9.96. The number of nitrogens with one attached hydrogen (secondary N) is 1. The molecule has 0 saturated heterocycles. The average Bonchev–Trinajstić information content (AvgIpc) is 2.16.